The number of hydrogen-bond acceptors (Lipinski definition) is 3. The standard InChI is InChI=1S/C12H17BrN2S/c1-14-9-10-2-3-11(13)8-12(10)15-4-6-16-7-5-15/h2-3,8,14H,4-7,9H2,1H3. The molecule has 1 N–H and O–H groups in total. The Balaban J connectivity index is 2.24. The molecule has 0 atom stereocenters. The van der Waals surface area contributed by atoms with Crippen LogP contribution in [-0.2, 0) is 6.54 Å². The highest BCUT2D eigenvalue weighted by Crippen LogP contribution is 2.27. The maximum Gasteiger partial charge on any atom is 0.0423 e. The first-order valence-corrected chi connectivity index (χ1v) is 7.52. The second-order valence-corrected chi connectivity index (χ2v) is 6.04. The van der Waals surface area contributed by atoms with Crippen molar-refractivity contribution in [2.75, 3.05) is 36.5 Å². The highest BCUT2D eigenvalue weighted by atomic mass is 79.9. The lowest BCUT2D eigenvalue weighted by Crippen LogP contribution is -2.33. The summed E-state index contributed by atoms with van der Waals surface area (Å²) in [5.41, 5.74) is 2.77. The third kappa shape index (κ3) is 2.93. The molecule has 1 aliphatic rings. The summed E-state index contributed by atoms with van der Waals surface area (Å²) in [6, 6.07) is 6.56. The Morgan fingerprint density at radius 3 is 2.81 bits per heavy atom. The first-order valence-electron chi connectivity index (χ1n) is 5.57. The van der Waals surface area contributed by atoms with Crippen LogP contribution in [0.25, 0.3) is 0 Å². The number of thioether (sulfide) groups is 1. The monoisotopic (exact) mass is 300 g/mol. The van der Waals surface area contributed by atoms with Crippen molar-refractivity contribution in [1.29, 1.82) is 0 Å². The predicted octanol–water partition coefficient (Wildman–Crippen LogP) is 2.72. The SMILES string of the molecule is CNCc1ccc(Br)cc1N1CCSCC1. The minimum atomic E-state index is 0.937. The third-order valence-corrected chi connectivity index (χ3v) is 4.20. The van der Waals surface area contributed by atoms with E-state index in [1.807, 2.05) is 18.8 Å². The van der Waals surface area contributed by atoms with E-state index in [1.165, 1.54) is 27.2 Å². The number of nitrogens with one attached hydrogen (secondary N) is 1. The molecule has 0 saturated carbocycles. The van der Waals surface area contributed by atoms with Crippen LogP contribution in [0.5, 0.6) is 0 Å². The van der Waals surface area contributed by atoms with Gasteiger partial charge in [0.1, 0.15) is 0 Å². The second kappa shape index (κ2) is 5.94. The summed E-state index contributed by atoms with van der Waals surface area (Å²) in [6.45, 7) is 3.27. The number of halogens is 1. The van der Waals surface area contributed by atoms with Gasteiger partial charge >= 0.3 is 0 Å². The van der Waals surface area contributed by atoms with Crippen LogP contribution in [0.15, 0.2) is 22.7 Å². The molecule has 0 bridgehead atoms. The molecule has 0 aliphatic carbocycles. The van der Waals surface area contributed by atoms with Crippen LogP contribution >= 0.6 is 27.7 Å². The molecule has 1 heterocycles. The summed E-state index contributed by atoms with van der Waals surface area (Å²) in [4.78, 5) is 2.49. The molecule has 0 radical (unpaired) electrons. The average Bonchev–Trinajstić information content (AvgIpc) is 2.33. The van der Waals surface area contributed by atoms with Gasteiger partial charge in [-0.05, 0) is 24.7 Å². The number of anilines is 1. The molecule has 2 rings (SSSR count). The largest absolute Gasteiger partial charge is 0.370 e. The zero-order valence-electron chi connectivity index (χ0n) is 9.50. The number of hydrogen-bond donors (Lipinski definition) is 1. The molecule has 4 heteroatoms. The van der Waals surface area contributed by atoms with E-state index in [9.17, 15) is 0 Å². The molecule has 1 aromatic carbocycles. The molecule has 88 valence electrons. The number of rotatable bonds is 3. The Labute approximate surface area is 110 Å². The van der Waals surface area contributed by atoms with Crippen LogP contribution in [0.3, 0.4) is 0 Å². The molecular formula is C12H17BrN2S. The Bertz CT molecular complexity index is 351. The van der Waals surface area contributed by atoms with Gasteiger partial charge in [0, 0.05) is 41.3 Å². The molecule has 1 aromatic rings. The van der Waals surface area contributed by atoms with E-state index in [4.69, 9.17) is 0 Å². The number of benzene rings is 1. The van der Waals surface area contributed by atoms with Crippen LogP contribution in [0, 0.1) is 0 Å². The smallest absolute Gasteiger partial charge is 0.0423 e. The third-order valence-electron chi connectivity index (χ3n) is 2.77. The van der Waals surface area contributed by atoms with Crippen molar-refractivity contribution < 1.29 is 0 Å². The van der Waals surface area contributed by atoms with E-state index in [2.05, 4.69) is 44.3 Å². The van der Waals surface area contributed by atoms with Gasteiger partial charge in [-0.25, -0.2) is 0 Å². The van der Waals surface area contributed by atoms with Crippen molar-refractivity contribution in [2.45, 2.75) is 6.54 Å². The maximum atomic E-state index is 3.56. The molecule has 1 saturated heterocycles. The van der Waals surface area contributed by atoms with Gasteiger partial charge in [-0.3, -0.25) is 0 Å². The average molecular weight is 301 g/mol. The fraction of sp³-hybridized carbons (Fsp3) is 0.500. The lowest BCUT2D eigenvalue weighted by Gasteiger charge is -2.30. The lowest BCUT2D eigenvalue weighted by molar-refractivity contribution is 0.794. The van der Waals surface area contributed by atoms with Crippen molar-refractivity contribution in [3.8, 4) is 0 Å². The minimum Gasteiger partial charge on any atom is -0.370 e. The molecule has 0 amide bonds. The van der Waals surface area contributed by atoms with Gasteiger partial charge in [-0.2, -0.15) is 11.8 Å². The summed E-state index contributed by atoms with van der Waals surface area (Å²) in [7, 11) is 2.00. The zero-order valence-corrected chi connectivity index (χ0v) is 11.9. The Morgan fingerprint density at radius 1 is 1.38 bits per heavy atom. The van der Waals surface area contributed by atoms with Gasteiger partial charge in [-0.1, -0.05) is 22.0 Å². The summed E-state index contributed by atoms with van der Waals surface area (Å²) >= 11 is 5.61. The van der Waals surface area contributed by atoms with Crippen LogP contribution < -0.4 is 10.2 Å². The first-order chi connectivity index (χ1) is 7.81. The topological polar surface area (TPSA) is 15.3 Å². The van der Waals surface area contributed by atoms with Gasteiger partial charge in [-0.15, -0.1) is 0 Å². The maximum absolute atomic E-state index is 3.56. The quantitative estimate of drug-likeness (QED) is 0.924. The van der Waals surface area contributed by atoms with Crippen LogP contribution in [0.2, 0.25) is 0 Å². The van der Waals surface area contributed by atoms with Crippen molar-refractivity contribution in [3.05, 3.63) is 28.2 Å². The van der Waals surface area contributed by atoms with Gasteiger partial charge in [0.2, 0.25) is 0 Å². The van der Waals surface area contributed by atoms with E-state index in [0.717, 1.165) is 19.6 Å². The molecule has 0 unspecified atom stereocenters. The van der Waals surface area contributed by atoms with E-state index >= 15 is 0 Å². The second-order valence-electron chi connectivity index (χ2n) is 3.90. The summed E-state index contributed by atoms with van der Waals surface area (Å²) in [6.07, 6.45) is 0. The molecule has 16 heavy (non-hydrogen) atoms. The summed E-state index contributed by atoms with van der Waals surface area (Å²) < 4.78 is 1.17. The van der Waals surface area contributed by atoms with Crippen molar-refractivity contribution >= 4 is 33.4 Å². The highest BCUT2D eigenvalue weighted by Gasteiger charge is 2.14. The van der Waals surface area contributed by atoms with Crippen molar-refractivity contribution in [2.24, 2.45) is 0 Å². The first kappa shape index (κ1) is 12.3. The Kier molecular flexibility index (Phi) is 4.55. The van der Waals surface area contributed by atoms with Gasteiger partial charge in [0.25, 0.3) is 0 Å². The Morgan fingerprint density at radius 2 is 2.12 bits per heavy atom. The van der Waals surface area contributed by atoms with E-state index in [-0.39, 0.29) is 0 Å². The summed E-state index contributed by atoms with van der Waals surface area (Å²) in [5.74, 6) is 2.48. The number of nitrogens with zero attached hydrogens (tertiary/aromatic N) is 1. The van der Waals surface area contributed by atoms with Gasteiger partial charge in [0.15, 0.2) is 0 Å². The van der Waals surface area contributed by atoms with E-state index in [0.29, 0.717) is 0 Å². The fourth-order valence-electron chi connectivity index (χ4n) is 1.98. The molecular weight excluding hydrogens is 284 g/mol. The van der Waals surface area contributed by atoms with E-state index in [1.54, 1.807) is 0 Å². The molecule has 0 aromatic heterocycles. The molecule has 2 nitrogen and oxygen atoms in total. The van der Waals surface area contributed by atoms with Crippen molar-refractivity contribution in [1.82, 2.24) is 5.32 Å². The van der Waals surface area contributed by atoms with E-state index < -0.39 is 0 Å². The van der Waals surface area contributed by atoms with Crippen LogP contribution in [0.4, 0.5) is 5.69 Å². The Hall–Kier alpha value is -0.190. The lowest BCUT2D eigenvalue weighted by atomic mass is 10.1. The van der Waals surface area contributed by atoms with Gasteiger partial charge in [0.05, 0.1) is 0 Å². The summed E-state index contributed by atoms with van der Waals surface area (Å²) in [5, 5.41) is 3.24. The molecule has 1 fully saturated rings. The van der Waals surface area contributed by atoms with Gasteiger partial charge < -0.3 is 10.2 Å². The predicted molar refractivity (Wildman–Crippen MR) is 76.4 cm³/mol. The minimum absolute atomic E-state index is 0.937. The highest BCUT2D eigenvalue weighted by molar-refractivity contribution is 9.10. The fourth-order valence-corrected chi connectivity index (χ4v) is 3.23. The van der Waals surface area contributed by atoms with Crippen LogP contribution in [0.1, 0.15) is 5.56 Å². The van der Waals surface area contributed by atoms with Crippen LogP contribution in [-0.4, -0.2) is 31.6 Å². The molecule has 0 spiro atoms. The normalized spacial score (nSPS) is 16.5. The van der Waals surface area contributed by atoms with Crippen molar-refractivity contribution in [3.63, 3.8) is 0 Å². The zero-order chi connectivity index (χ0) is 11.4. The molecule has 1 aliphatic heterocycles.